The van der Waals surface area contributed by atoms with Crippen molar-refractivity contribution in [2.24, 2.45) is 0 Å². The SMILES string of the molecule is C.C.C.CC(C)(C)OC(=O)N1CCCCC(n2c(NC(=O)c3cccc(C(F)(F)F)c3)nc3cccc(CN4CCCC4)c32)C1.Cc1cccc2nc(NC(=O)c3cccc(C(F)(F)F)c3)n(C3CCCCN(C(=O)OC(C)(C)C)C3)c12.Cl.O=C(Nc1nc2cccc(CN3CCCC3)c2n1C1CCCCNC1)c1cccc(C(F)(F)F)c1. The minimum absolute atomic E-state index is 0. The van der Waals surface area contributed by atoms with Gasteiger partial charge in [0.05, 0.1) is 61.9 Å². The molecule has 0 radical (unpaired) electrons. The molecule has 0 saturated carbocycles. The lowest BCUT2D eigenvalue weighted by molar-refractivity contribution is -0.138. The van der Waals surface area contributed by atoms with Gasteiger partial charge in [-0.1, -0.05) is 83.3 Å². The second kappa shape index (κ2) is 39.9. The molecule has 3 unspecified atom stereocenters. The number of nitrogens with zero attached hydrogens (tertiary/aromatic N) is 10. The highest BCUT2D eigenvalue weighted by atomic mass is 35.5. The number of aryl methyl sites for hydroxylation is 1. The first-order valence-corrected chi connectivity index (χ1v) is 39.2. The lowest BCUT2D eigenvalue weighted by atomic mass is 10.1. The van der Waals surface area contributed by atoms with Crippen molar-refractivity contribution in [3.05, 3.63) is 177 Å². The molecule has 4 N–H and O–H groups in total. The van der Waals surface area contributed by atoms with Crippen LogP contribution in [0, 0.1) is 6.92 Å². The van der Waals surface area contributed by atoms with E-state index >= 15 is 0 Å². The minimum atomic E-state index is -4.57. The third kappa shape index (κ3) is 23.6. The monoisotopic (exact) mass is 1670 g/mol. The lowest BCUT2D eigenvalue weighted by Gasteiger charge is -2.30. The number of amides is 5. The zero-order valence-electron chi connectivity index (χ0n) is 65.7. The Kier molecular flexibility index (Phi) is 31.7. The summed E-state index contributed by atoms with van der Waals surface area (Å²) in [6.07, 6.45) is -1.97. The molecule has 0 aliphatic carbocycles. The highest BCUT2D eigenvalue weighted by Crippen LogP contribution is 2.39. The third-order valence-electron chi connectivity index (χ3n) is 20.9. The molecule has 5 aliphatic heterocycles. The predicted molar refractivity (Wildman–Crippen MR) is 446 cm³/mol. The average molecular weight is 1670 g/mol. The first-order valence-electron chi connectivity index (χ1n) is 39.2. The van der Waals surface area contributed by atoms with Gasteiger partial charge in [0.1, 0.15) is 11.2 Å². The molecule has 6 aromatic carbocycles. The number of nitrogens with one attached hydrogen (secondary N) is 4. The number of likely N-dealkylation sites (tertiary alicyclic amines) is 4. The van der Waals surface area contributed by atoms with Crippen LogP contribution in [0.2, 0.25) is 0 Å². The fourth-order valence-corrected chi connectivity index (χ4v) is 15.6. The Labute approximate surface area is 690 Å². The number of imidazole rings is 3. The van der Waals surface area contributed by atoms with E-state index in [1.807, 2.05) is 100 Å². The summed E-state index contributed by atoms with van der Waals surface area (Å²) in [5.41, 5.74) is 3.69. The van der Waals surface area contributed by atoms with Gasteiger partial charge in [0, 0.05) is 68.5 Å². The van der Waals surface area contributed by atoms with E-state index in [0.717, 1.165) is 192 Å². The minimum Gasteiger partial charge on any atom is -0.444 e. The maximum Gasteiger partial charge on any atom is 0.416 e. The molecule has 31 heteroatoms. The normalized spacial score (nSPS) is 17.8. The van der Waals surface area contributed by atoms with Crippen LogP contribution in [0.25, 0.3) is 33.1 Å². The summed E-state index contributed by atoms with van der Waals surface area (Å²) < 4.78 is 137. The van der Waals surface area contributed by atoms with Crippen LogP contribution in [0.5, 0.6) is 0 Å². The molecule has 0 spiro atoms. The zero-order chi connectivity index (χ0) is 81.4. The van der Waals surface area contributed by atoms with E-state index in [1.165, 1.54) is 49.2 Å². The van der Waals surface area contributed by atoms with Crippen molar-refractivity contribution >= 4 is 93.3 Å². The summed E-state index contributed by atoms with van der Waals surface area (Å²) in [4.78, 5) is 87.8. The number of carbonyl (C=O) groups excluding carboxylic acids is 5. The van der Waals surface area contributed by atoms with Gasteiger partial charge in [-0.15, -0.1) is 12.4 Å². The van der Waals surface area contributed by atoms with Gasteiger partial charge in [0.2, 0.25) is 17.8 Å². The third-order valence-corrected chi connectivity index (χ3v) is 20.9. The number of ether oxygens (including phenoxy) is 2. The lowest BCUT2D eigenvalue weighted by Crippen LogP contribution is -2.39. The number of aromatic nitrogens is 6. The number of fused-ring (bicyclic) bond motifs is 3. The van der Waals surface area contributed by atoms with Crippen LogP contribution in [0.15, 0.2) is 127 Å². The molecule has 642 valence electrons. The summed E-state index contributed by atoms with van der Waals surface area (Å²) in [6, 6.07) is 30.3. The van der Waals surface area contributed by atoms with Crippen molar-refractivity contribution in [3.8, 4) is 0 Å². The summed E-state index contributed by atoms with van der Waals surface area (Å²) in [6.45, 7) is 22.0. The Morgan fingerprint density at radius 3 is 1.12 bits per heavy atom. The van der Waals surface area contributed by atoms with Gasteiger partial charge in [0.25, 0.3) is 17.7 Å². The van der Waals surface area contributed by atoms with Crippen molar-refractivity contribution in [1.82, 2.24) is 53.6 Å². The van der Waals surface area contributed by atoms with Crippen LogP contribution < -0.4 is 21.3 Å². The van der Waals surface area contributed by atoms with Crippen molar-refractivity contribution in [2.45, 2.75) is 215 Å². The van der Waals surface area contributed by atoms with Gasteiger partial charge in [-0.2, -0.15) is 39.5 Å². The topological polar surface area (TPSA) is 218 Å². The van der Waals surface area contributed by atoms with Crippen LogP contribution in [0.4, 0.5) is 66.9 Å². The smallest absolute Gasteiger partial charge is 0.416 e. The number of rotatable bonds is 13. The Hall–Kier alpha value is -9.78. The predicted octanol–water partition coefficient (Wildman–Crippen LogP) is 21.0. The van der Waals surface area contributed by atoms with Crippen LogP contribution >= 0.6 is 12.4 Å². The average Bonchev–Trinajstić information content (AvgIpc) is 1.62. The molecule has 21 nitrogen and oxygen atoms in total. The Morgan fingerprint density at radius 1 is 0.424 bits per heavy atom. The molecule has 0 bridgehead atoms. The van der Waals surface area contributed by atoms with Crippen LogP contribution in [0.1, 0.15) is 230 Å². The molecule has 8 heterocycles. The molecule has 5 saturated heterocycles. The maximum absolute atomic E-state index is 13.4. The van der Waals surface area contributed by atoms with E-state index in [1.54, 1.807) is 9.80 Å². The molecule has 5 aliphatic rings. The summed E-state index contributed by atoms with van der Waals surface area (Å²) >= 11 is 0. The van der Waals surface area contributed by atoms with Gasteiger partial charge in [-0.25, -0.2) is 24.5 Å². The van der Waals surface area contributed by atoms with E-state index in [0.29, 0.717) is 49.7 Å². The van der Waals surface area contributed by atoms with Crippen molar-refractivity contribution in [3.63, 3.8) is 0 Å². The zero-order valence-corrected chi connectivity index (χ0v) is 66.5. The molecule has 9 aromatic rings. The molecule has 5 amide bonds. The van der Waals surface area contributed by atoms with E-state index in [4.69, 9.17) is 19.4 Å². The molecular formula is C87H112ClF9N14O7. The van der Waals surface area contributed by atoms with Crippen LogP contribution in [-0.4, -0.2) is 155 Å². The van der Waals surface area contributed by atoms with Crippen LogP contribution in [0.3, 0.4) is 0 Å². The highest BCUT2D eigenvalue weighted by Gasteiger charge is 2.38. The molecule has 118 heavy (non-hydrogen) atoms. The summed E-state index contributed by atoms with van der Waals surface area (Å²) in [5, 5.41) is 11.9. The van der Waals surface area contributed by atoms with Crippen molar-refractivity contribution in [2.75, 3.05) is 81.4 Å². The van der Waals surface area contributed by atoms with E-state index in [2.05, 4.69) is 52.8 Å². The molecule has 5 fully saturated rings. The highest BCUT2D eigenvalue weighted by molar-refractivity contribution is 6.06. The Balaban J connectivity index is 0.000000218. The molecule has 3 atom stereocenters. The number of halogens is 10. The number of anilines is 3. The van der Waals surface area contributed by atoms with Crippen molar-refractivity contribution < 1.29 is 73.0 Å². The van der Waals surface area contributed by atoms with E-state index in [-0.39, 0.29) is 81.4 Å². The number of carbonyl (C=O) groups is 5. The maximum atomic E-state index is 13.4. The van der Waals surface area contributed by atoms with Gasteiger partial charge < -0.3 is 38.3 Å². The standard InChI is InChI=1S/C31H38F3N5O3.C27H31F3N4O3.C26H30F3N5O.3CH4.ClH/c1-30(2,3)42-29(41)38-17-5-4-13-24(20-38)39-26-22(19-37-15-6-7-16-37)11-9-14-25(26)35-28(39)36-27(40)21-10-8-12-23(18-21)31(32,33)34;1-17-9-7-13-21-22(17)34(20-12-5-6-14-33(16-20)25(36)37-26(2,3)4)24(31-21)32-23(35)18-10-8-11-19(15-18)27(28,29)30;27-26(28,29)20-9-5-7-18(15-20)24(35)32-25-31-22-11-6-8-19(17-33-13-3-4-14-33)23(22)34(25)21-10-1-2-12-30-16-21;;;;/h8-12,14,18,24H,4-7,13,15-17,19-20H2,1-3H3,(H,35,36,40);7-11,13,15,20H,5-6,12,14,16H2,1-4H3,(H,31,32,35);5-9,11,15,21,30H,1-4,10,12-14,16-17H2,(H,31,32,35);3*1H4;1H. The second-order valence-electron chi connectivity index (χ2n) is 32.0. The summed E-state index contributed by atoms with van der Waals surface area (Å²) in [5.74, 6) is -1.13. The van der Waals surface area contributed by atoms with Gasteiger partial charge in [0.15, 0.2) is 0 Å². The van der Waals surface area contributed by atoms with E-state index in [9.17, 15) is 63.5 Å². The number of benzene rings is 6. The molecule has 14 rings (SSSR count). The first kappa shape index (κ1) is 93.7. The largest absolute Gasteiger partial charge is 0.444 e. The fraction of sp³-hybridized carbons (Fsp3) is 0.494. The molecular weight excluding hydrogens is 1560 g/mol. The Morgan fingerprint density at radius 2 is 0.746 bits per heavy atom. The van der Waals surface area contributed by atoms with Crippen LogP contribution in [-0.2, 0) is 41.1 Å². The Bertz CT molecular complexity index is 4910. The first-order chi connectivity index (χ1) is 54.1. The molecule has 3 aromatic heterocycles. The van der Waals surface area contributed by atoms with Gasteiger partial charge in [-0.05, 0) is 248 Å². The quantitative estimate of drug-likeness (QED) is 0.0791. The number of alkyl halides is 9. The number of hydrogen-bond donors (Lipinski definition) is 4. The second-order valence-corrected chi connectivity index (χ2v) is 32.0. The number of para-hydroxylation sites is 3. The van der Waals surface area contributed by atoms with E-state index < -0.39 is 76.3 Å². The van der Waals surface area contributed by atoms with Gasteiger partial charge >= 0.3 is 30.7 Å². The summed E-state index contributed by atoms with van der Waals surface area (Å²) in [7, 11) is 0. The van der Waals surface area contributed by atoms with Gasteiger partial charge in [-0.3, -0.25) is 40.1 Å². The number of hydrogen-bond acceptors (Lipinski definition) is 13. The fourth-order valence-electron chi connectivity index (χ4n) is 15.6. The van der Waals surface area contributed by atoms with Crippen molar-refractivity contribution in [1.29, 1.82) is 0 Å².